The normalized spacial score (nSPS) is 13.1. The van der Waals surface area contributed by atoms with Crippen LogP contribution < -0.4 is 20.0 Å². The average molecular weight is 632 g/mol. The van der Waals surface area contributed by atoms with Crippen LogP contribution >= 0.6 is 0 Å². The predicted molar refractivity (Wildman–Crippen MR) is 191 cm³/mol. The van der Waals surface area contributed by atoms with Gasteiger partial charge in [-0.1, -0.05) is 86.5 Å². The van der Waals surface area contributed by atoms with Crippen molar-refractivity contribution in [1.29, 1.82) is 0 Å². The second-order valence-electron chi connectivity index (χ2n) is 13.0. The molecule has 0 fully saturated rings. The third kappa shape index (κ3) is 6.95. The van der Waals surface area contributed by atoms with Crippen molar-refractivity contribution in [1.82, 2.24) is 0 Å². The van der Waals surface area contributed by atoms with Gasteiger partial charge >= 0.3 is 91.0 Å². The fraction of sp³-hybridized carbons (Fsp3) is 0.350. The number of hydrogen-bond acceptors (Lipinski definition) is 0. The van der Waals surface area contributed by atoms with E-state index in [0.717, 1.165) is 0 Å². The molecule has 0 N–H and O–H groups in total. The topological polar surface area (TPSA) is 0 Å². The largest absolute Gasteiger partial charge is 0.156 e. The molecule has 0 aliphatic carbocycles. The zero-order valence-electron chi connectivity index (χ0n) is 28.2. The Hall–Kier alpha value is -2.62. The van der Waals surface area contributed by atoms with Crippen molar-refractivity contribution in [3.8, 4) is 0 Å². The maximum absolute atomic E-state index is 2.38. The van der Waals surface area contributed by atoms with E-state index in [0.29, 0.717) is 0 Å². The molecule has 0 unspecified atom stereocenters. The Morgan fingerprint density at radius 1 is 0.381 bits per heavy atom. The molecule has 0 amide bonds. The van der Waals surface area contributed by atoms with Crippen molar-refractivity contribution in [2.24, 2.45) is 0 Å². The van der Waals surface area contributed by atoms with E-state index in [2.05, 4.69) is 144 Å². The number of benzene rings is 4. The van der Waals surface area contributed by atoms with Crippen molar-refractivity contribution in [3.05, 3.63) is 127 Å². The van der Waals surface area contributed by atoms with E-state index in [1.54, 1.807) is 31.1 Å². The van der Waals surface area contributed by atoms with Crippen LogP contribution in [0.4, 0.5) is 0 Å². The summed E-state index contributed by atoms with van der Waals surface area (Å²) in [6, 6.07) is 18.9. The summed E-state index contributed by atoms with van der Waals surface area (Å²) in [6.07, 6.45) is 4.77. The molecule has 0 spiro atoms. The molecule has 0 atom stereocenters. The van der Waals surface area contributed by atoms with Crippen LogP contribution in [0, 0.1) is 83.1 Å². The standard InChI is InChI=1S/C27H33Si.C13H17Ge/c1-16-10-19(4)25(20(5)11-16)28(26-21(6)12-17(2)13-22(26)7)27-23(8)14-18(3)15-24(27)9;1-10-8-11(2)13(12(3)9-10)14-6-4-5-7-14/h10-15H,1-9H3;4-5,8-9H,6-7H2,1-3H3. The summed E-state index contributed by atoms with van der Waals surface area (Å²) in [4.78, 5) is 0. The molecule has 0 bridgehead atoms. The molecule has 2 heteroatoms. The van der Waals surface area contributed by atoms with Gasteiger partial charge in [0.25, 0.3) is 0 Å². The summed E-state index contributed by atoms with van der Waals surface area (Å²) in [7, 11) is -1.11. The predicted octanol–water partition coefficient (Wildman–Crippen LogP) is 7.86. The molecule has 1 aliphatic rings. The van der Waals surface area contributed by atoms with Gasteiger partial charge in [-0.25, -0.2) is 0 Å². The van der Waals surface area contributed by atoms with Crippen molar-refractivity contribution >= 4 is 43.1 Å². The Balaban J connectivity index is 0.000000241. The molecule has 5 rings (SSSR count). The molecule has 0 aromatic heterocycles. The van der Waals surface area contributed by atoms with Crippen LogP contribution in [0.1, 0.15) is 66.8 Å². The van der Waals surface area contributed by atoms with Crippen LogP contribution in [0.2, 0.25) is 10.5 Å². The third-order valence-corrected chi connectivity index (χ3v) is 18.8. The number of rotatable bonds is 4. The van der Waals surface area contributed by atoms with Gasteiger partial charge < -0.3 is 0 Å². The minimum Gasteiger partial charge on any atom is -0.0565 e. The first-order valence-electron chi connectivity index (χ1n) is 15.5. The van der Waals surface area contributed by atoms with E-state index in [-0.39, 0.29) is 0 Å². The SMILES string of the molecule is Cc1cc(C)[c]([Ge]2[CH2]C=C[CH2]2)c(C)c1.Cc1cc(C)c([Si](c2c(C)cc(C)cc2C)c2c(C)cc(C)cc2C)c(C)c1. The van der Waals surface area contributed by atoms with Crippen LogP contribution in [0.3, 0.4) is 0 Å². The molecule has 42 heavy (non-hydrogen) atoms. The Morgan fingerprint density at radius 2 is 0.619 bits per heavy atom. The van der Waals surface area contributed by atoms with Crippen molar-refractivity contribution < 1.29 is 0 Å². The Kier molecular flexibility index (Phi) is 10.3. The van der Waals surface area contributed by atoms with E-state index < -0.39 is 23.1 Å². The summed E-state index contributed by atoms with van der Waals surface area (Å²) < 4.78 is 1.75. The zero-order valence-corrected chi connectivity index (χ0v) is 31.3. The molecule has 0 saturated heterocycles. The second kappa shape index (κ2) is 13.3. The number of aryl methyl sites for hydroxylation is 12. The van der Waals surface area contributed by atoms with Gasteiger partial charge in [-0.2, -0.15) is 0 Å². The Morgan fingerprint density at radius 3 is 0.881 bits per heavy atom. The van der Waals surface area contributed by atoms with E-state index in [9.17, 15) is 0 Å². The van der Waals surface area contributed by atoms with Gasteiger partial charge in [0, 0.05) is 0 Å². The molecule has 4 aromatic rings. The first-order chi connectivity index (χ1) is 19.8. The molecule has 1 aliphatic heterocycles. The van der Waals surface area contributed by atoms with E-state index in [1.165, 1.54) is 66.1 Å². The maximum Gasteiger partial charge on any atom is 0.156 e. The molecular formula is C40H50GeSi. The van der Waals surface area contributed by atoms with Crippen LogP contribution in [0.25, 0.3) is 0 Å². The molecule has 0 saturated carbocycles. The average Bonchev–Trinajstić information content (AvgIpc) is 3.36. The van der Waals surface area contributed by atoms with Gasteiger partial charge in [0.1, 0.15) is 0 Å². The smallest absolute Gasteiger partial charge is 0.0565 e. The van der Waals surface area contributed by atoms with Gasteiger partial charge in [-0.05, 0) is 77.9 Å². The molecule has 4 aromatic carbocycles. The Labute approximate surface area is 263 Å². The van der Waals surface area contributed by atoms with Gasteiger partial charge in [0.05, 0.1) is 0 Å². The first kappa shape index (κ1) is 32.3. The summed E-state index contributed by atoms with van der Waals surface area (Å²) in [6.45, 7) is 27.2. The molecule has 1 heterocycles. The maximum atomic E-state index is 2.38. The summed E-state index contributed by atoms with van der Waals surface area (Å²) in [5, 5.41) is 7.50. The van der Waals surface area contributed by atoms with Crippen LogP contribution in [-0.4, -0.2) is 23.1 Å². The van der Waals surface area contributed by atoms with Crippen molar-refractivity contribution in [3.63, 3.8) is 0 Å². The molecule has 2 radical (unpaired) electrons. The fourth-order valence-electron chi connectivity index (χ4n) is 7.57. The minimum absolute atomic E-state index is 0.929. The molecular weight excluding hydrogens is 581 g/mol. The fourth-order valence-corrected chi connectivity index (χ4v) is 16.9. The van der Waals surface area contributed by atoms with Crippen LogP contribution in [-0.2, 0) is 0 Å². The Bertz CT molecular complexity index is 1420. The van der Waals surface area contributed by atoms with Crippen LogP contribution in [0.15, 0.2) is 60.7 Å². The molecule has 218 valence electrons. The van der Waals surface area contributed by atoms with E-state index in [4.69, 9.17) is 0 Å². The van der Waals surface area contributed by atoms with E-state index >= 15 is 0 Å². The number of allylic oxidation sites excluding steroid dienone is 2. The van der Waals surface area contributed by atoms with Gasteiger partial charge in [-0.15, -0.1) is 0 Å². The van der Waals surface area contributed by atoms with Crippen molar-refractivity contribution in [2.75, 3.05) is 0 Å². The van der Waals surface area contributed by atoms with Gasteiger partial charge in [0.2, 0.25) is 0 Å². The third-order valence-electron chi connectivity index (χ3n) is 8.71. The summed E-state index contributed by atoms with van der Waals surface area (Å²) in [5.41, 5.74) is 17.2. The number of hydrogen-bond donors (Lipinski definition) is 0. The molecule has 0 nitrogen and oxygen atoms in total. The monoisotopic (exact) mass is 632 g/mol. The zero-order chi connectivity index (χ0) is 30.9. The summed E-state index contributed by atoms with van der Waals surface area (Å²) in [5.74, 6) is 0. The van der Waals surface area contributed by atoms with Gasteiger partial charge in [0.15, 0.2) is 8.80 Å². The van der Waals surface area contributed by atoms with E-state index in [1.807, 2.05) is 0 Å². The second-order valence-corrected chi connectivity index (χ2v) is 20.5. The van der Waals surface area contributed by atoms with Crippen molar-refractivity contribution in [2.45, 2.75) is 93.6 Å². The first-order valence-corrected chi connectivity index (χ1v) is 21.0. The quantitative estimate of drug-likeness (QED) is 0.122. The van der Waals surface area contributed by atoms with Gasteiger partial charge in [-0.3, -0.25) is 0 Å². The van der Waals surface area contributed by atoms with Crippen LogP contribution in [0.5, 0.6) is 0 Å². The minimum atomic E-state index is -1.11. The summed E-state index contributed by atoms with van der Waals surface area (Å²) >= 11 is -0.929.